The molecule has 2 atom stereocenters. The van der Waals surface area contributed by atoms with Crippen molar-refractivity contribution in [3.63, 3.8) is 0 Å². The highest BCUT2D eigenvalue weighted by molar-refractivity contribution is 5.70. The van der Waals surface area contributed by atoms with Gasteiger partial charge in [0.05, 0.1) is 0 Å². The van der Waals surface area contributed by atoms with Crippen LogP contribution in [-0.4, -0.2) is 35.5 Å². The minimum Gasteiger partial charge on any atom is -0.460 e. The Bertz CT molecular complexity index is 156. The second kappa shape index (κ2) is 5.94. The second-order valence-corrected chi connectivity index (χ2v) is 3.52. The third-order valence-corrected chi connectivity index (χ3v) is 1.90. The molecule has 0 bridgehead atoms. The van der Waals surface area contributed by atoms with Crippen LogP contribution in [0.1, 0.15) is 20.8 Å². The average molecular weight is 190 g/mol. The Morgan fingerprint density at radius 2 is 1.85 bits per heavy atom. The summed E-state index contributed by atoms with van der Waals surface area (Å²) < 4.78 is 4.96. The van der Waals surface area contributed by atoms with E-state index in [1.165, 1.54) is 0 Å². The summed E-state index contributed by atoms with van der Waals surface area (Å²) in [5.41, 5.74) is 0. The first-order valence-corrected chi connectivity index (χ1v) is 4.44. The zero-order valence-electron chi connectivity index (χ0n) is 8.36. The number of carbonyl (C=O) groups excluding carboxylic acids is 1. The van der Waals surface area contributed by atoms with E-state index in [-0.39, 0.29) is 24.5 Å². The fraction of sp³-hybridized carbons (Fsp3) is 0.889. The minimum absolute atomic E-state index is 0.0262. The number of ether oxygens (including phenoxy) is 1. The summed E-state index contributed by atoms with van der Waals surface area (Å²) in [6, 6.07) is 0. The smallest absolute Gasteiger partial charge is 0.332 e. The van der Waals surface area contributed by atoms with E-state index in [2.05, 4.69) is 0 Å². The first-order valence-electron chi connectivity index (χ1n) is 4.44. The van der Waals surface area contributed by atoms with Gasteiger partial charge in [-0.15, -0.1) is 0 Å². The van der Waals surface area contributed by atoms with Crippen LogP contribution >= 0.6 is 0 Å². The van der Waals surface area contributed by atoms with Crippen LogP contribution in [0.15, 0.2) is 0 Å². The Balaban J connectivity index is 4.17. The molecule has 0 aliphatic carbocycles. The quantitative estimate of drug-likeness (QED) is 0.607. The Morgan fingerprint density at radius 1 is 1.31 bits per heavy atom. The summed E-state index contributed by atoms with van der Waals surface area (Å²) in [7, 11) is 0. The lowest BCUT2D eigenvalue weighted by atomic mass is 9.95. The fourth-order valence-electron chi connectivity index (χ4n) is 1.20. The van der Waals surface area contributed by atoms with E-state index in [1.807, 2.05) is 13.8 Å². The Morgan fingerprint density at radius 3 is 2.15 bits per heavy atom. The molecule has 0 unspecified atom stereocenters. The maximum atomic E-state index is 10.8. The van der Waals surface area contributed by atoms with Crippen LogP contribution in [0.25, 0.3) is 0 Å². The van der Waals surface area contributed by atoms with Gasteiger partial charge in [-0.1, -0.05) is 20.8 Å². The lowest BCUT2D eigenvalue weighted by Crippen LogP contribution is -2.33. The molecule has 0 fully saturated rings. The number of rotatable bonds is 5. The first-order chi connectivity index (χ1) is 6.02. The highest BCUT2D eigenvalue weighted by atomic mass is 16.6. The van der Waals surface area contributed by atoms with Gasteiger partial charge in [0.1, 0.15) is 12.7 Å². The van der Waals surface area contributed by atoms with Gasteiger partial charge in [-0.3, -0.25) is 0 Å². The molecular formula is C9H18O4. The predicted octanol–water partition coefficient (Wildman–Crippen LogP) is 0.175. The van der Waals surface area contributed by atoms with Crippen molar-refractivity contribution in [3.8, 4) is 0 Å². The maximum Gasteiger partial charge on any atom is 0.332 e. The van der Waals surface area contributed by atoms with E-state index >= 15 is 0 Å². The summed E-state index contributed by atoms with van der Waals surface area (Å²) in [6.45, 7) is 4.97. The molecule has 0 aliphatic heterocycles. The summed E-state index contributed by atoms with van der Waals surface area (Å²) in [5, 5.41) is 17.4. The Labute approximate surface area is 78.5 Å². The number of hydrogen-bond acceptors (Lipinski definition) is 4. The van der Waals surface area contributed by atoms with Gasteiger partial charge >= 0.3 is 5.97 Å². The van der Waals surface area contributed by atoms with Gasteiger partial charge in [-0.25, -0.2) is 4.79 Å². The van der Waals surface area contributed by atoms with Crippen molar-refractivity contribution >= 4 is 5.97 Å². The second-order valence-electron chi connectivity index (χ2n) is 3.52. The molecule has 0 aromatic rings. The topological polar surface area (TPSA) is 66.8 Å². The van der Waals surface area contributed by atoms with Crippen molar-refractivity contribution in [1.82, 2.24) is 0 Å². The number of hydrogen-bond donors (Lipinski definition) is 2. The van der Waals surface area contributed by atoms with E-state index < -0.39 is 12.6 Å². The van der Waals surface area contributed by atoms with Crippen LogP contribution in [-0.2, 0) is 9.53 Å². The van der Waals surface area contributed by atoms with Crippen molar-refractivity contribution in [3.05, 3.63) is 0 Å². The molecule has 2 N–H and O–H groups in total. The van der Waals surface area contributed by atoms with Crippen LogP contribution < -0.4 is 0 Å². The van der Waals surface area contributed by atoms with Crippen molar-refractivity contribution in [2.45, 2.75) is 26.9 Å². The maximum absolute atomic E-state index is 10.8. The molecule has 4 heteroatoms. The molecule has 0 heterocycles. The largest absolute Gasteiger partial charge is 0.460 e. The lowest BCUT2D eigenvalue weighted by molar-refractivity contribution is -0.158. The van der Waals surface area contributed by atoms with Crippen molar-refractivity contribution in [2.24, 2.45) is 11.8 Å². The number of aliphatic hydroxyl groups is 2. The van der Waals surface area contributed by atoms with Crippen LogP contribution in [0.2, 0.25) is 0 Å². The lowest BCUT2D eigenvalue weighted by Gasteiger charge is -2.25. The monoisotopic (exact) mass is 190 g/mol. The molecule has 0 aliphatic rings. The van der Waals surface area contributed by atoms with Gasteiger partial charge in [0.25, 0.3) is 0 Å². The van der Waals surface area contributed by atoms with E-state index in [0.717, 1.165) is 0 Å². The Kier molecular flexibility index (Phi) is 5.66. The van der Waals surface area contributed by atoms with Gasteiger partial charge in [0, 0.05) is 12.5 Å². The van der Waals surface area contributed by atoms with Gasteiger partial charge in [0.2, 0.25) is 0 Å². The van der Waals surface area contributed by atoms with Gasteiger partial charge in [-0.2, -0.15) is 0 Å². The zero-order chi connectivity index (χ0) is 10.4. The molecule has 0 saturated carbocycles. The van der Waals surface area contributed by atoms with Crippen LogP contribution in [0.3, 0.4) is 0 Å². The SMILES string of the molecule is CC(C)[C@H](OC(=O)CO)[C@@H](C)CO. The van der Waals surface area contributed by atoms with Gasteiger partial charge in [-0.05, 0) is 5.92 Å². The van der Waals surface area contributed by atoms with Gasteiger partial charge in [0.15, 0.2) is 0 Å². The third kappa shape index (κ3) is 4.24. The molecule has 0 spiro atoms. The standard InChI is InChI=1S/C9H18O4/c1-6(2)9(7(3)4-10)13-8(12)5-11/h6-7,9-11H,4-5H2,1-3H3/t7-,9-/m0/s1. The van der Waals surface area contributed by atoms with E-state index in [9.17, 15) is 4.79 Å². The molecule has 0 aromatic heterocycles. The number of carbonyl (C=O) groups is 1. The average Bonchev–Trinajstić information content (AvgIpc) is 2.11. The molecule has 0 aromatic carbocycles. The summed E-state index contributed by atoms with van der Waals surface area (Å²) in [6.07, 6.45) is -0.329. The van der Waals surface area contributed by atoms with Gasteiger partial charge < -0.3 is 14.9 Å². The van der Waals surface area contributed by atoms with Crippen LogP contribution in [0.5, 0.6) is 0 Å². The highest BCUT2D eigenvalue weighted by Crippen LogP contribution is 2.16. The van der Waals surface area contributed by atoms with Crippen molar-refractivity contribution in [1.29, 1.82) is 0 Å². The predicted molar refractivity (Wildman–Crippen MR) is 48.1 cm³/mol. The van der Waals surface area contributed by atoms with Crippen LogP contribution in [0.4, 0.5) is 0 Å². The molecule has 0 radical (unpaired) electrons. The molecule has 78 valence electrons. The van der Waals surface area contributed by atoms with Crippen molar-refractivity contribution < 1.29 is 19.7 Å². The van der Waals surface area contributed by atoms with Crippen LogP contribution in [0, 0.1) is 11.8 Å². The Hall–Kier alpha value is -0.610. The first kappa shape index (κ1) is 12.4. The molecule has 0 rings (SSSR count). The highest BCUT2D eigenvalue weighted by Gasteiger charge is 2.23. The number of aliphatic hydroxyl groups excluding tert-OH is 2. The minimum atomic E-state index is -0.640. The van der Waals surface area contributed by atoms with E-state index in [4.69, 9.17) is 14.9 Å². The van der Waals surface area contributed by atoms with E-state index in [1.54, 1.807) is 6.92 Å². The molecule has 0 saturated heterocycles. The summed E-state index contributed by atoms with van der Waals surface area (Å²) >= 11 is 0. The number of esters is 1. The fourth-order valence-corrected chi connectivity index (χ4v) is 1.20. The zero-order valence-corrected chi connectivity index (χ0v) is 8.36. The molecular weight excluding hydrogens is 172 g/mol. The van der Waals surface area contributed by atoms with E-state index in [0.29, 0.717) is 0 Å². The normalized spacial score (nSPS) is 15.5. The molecule has 4 nitrogen and oxygen atoms in total. The summed E-state index contributed by atoms with van der Waals surface area (Å²) in [4.78, 5) is 10.8. The third-order valence-electron chi connectivity index (χ3n) is 1.90. The molecule has 0 amide bonds. The van der Waals surface area contributed by atoms with Crippen molar-refractivity contribution in [2.75, 3.05) is 13.2 Å². The summed E-state index contributed by atoms with van der Waals surface area (Å²) in [5.74, 6) is -0.604. The molecule has 13 heavy (non-hydrogen) atoms.